The van der Waals surface area contributed by atoms with Gasteiger partial charge in [0.2, 0.25) is 0 Å². The molecule has 0 aliphatic carbocycles. The predicted molar refractivity (Wildman–Crippen MR) is 100 cm³/mol. The number of nitrogens with zero attached hydrogens (tertiary/aromatic N) is 3. The molecule has 2 heterocycles. The Hall–Kier alpha value is -2.42. The molecule has 1 aliphatic rings. The molecule has 0 bridgehead atoms. The molecule has 3 nitrogen and oxygen atoms in total. The molecule has 24 heavy (non-hydrogen) atoms. The molecule has 0 unspecified atom stereocenters. The number of aryl methyl sites for hydroxylation is 1. The van der Waals surface area contributed by atoms with Gasteiger partial charge in [-0.25, -0.2) is 9.97 Å². The van der Waals surface area contributed by atoms with Gasteiger partial charge in [-0.1, -0.05) is 48.9 Å². The molecule has 3 heteroatoms. The van der Waals surface area contributed by atoms with E-state index < -0.39 is 0 Å². The Morgan fingerprint density at radius 2 is 1.79 bits per heavy atom. The second-order valence-electron chi connectivity index (χ2n) is 6.95. The van der Waals surface area contributed by atoms with E-state index in [-0.39, 0.29) is 0 Å². The van der Waals surface area contributed by atoms with Gasteiger partial charge in [0.15, 0.2) is 5.82 Å². The van der Waals surface area contributed by atoms with E-state index in [9.17, 15) is 0 Å². The second-order valence-corrected chi connectivity index (χ2v) is 6.95. The van der Waals surface area contributed by atoms with E-state index in [0.29, 0.717) is 0 Å². The third-order valence-corrected chi connectivity index (χ3v) is 4.85. The Balaban J connectivity index is 1.86. The lowest BCUT2D eigenvalue weighted by Gasteiger charge is -2.32. The Morgan fingerprint density at radius 3 is 2.58 bits per heavy atom. The highest BCUT2D eigenvalue weighted by molar-refractivity contribution is 5.91. The predicted octanol–water partition coefficient (Wildman–Crippen LogP) is 4.84. The molecule has 4 rings (SSSR count). The molecular formula is C21H23N3. The summed E-state index contributed by atoms with van der Waals surface area (Å²) in [7, 11) is 0. The maximum atomic E-state index is 4.97. The quantitative estimate of drug-likeness (QED) is 0.677. The molecule has 1 saturated heterocycles. The fourth-order valence-electron chi connectivity index (χ4n) is 3.51. The van der Waals surface area contributed by atoms with E-state index in [1.807, 2.05) is 0 Å². The maximum absolute atomic E-state index is 4.97. The summed E-state index contributed by atoms with van der Waals surface area (Å²) in [6.07, 6.45) is 2.55. The summed E-state index contributed by atoms with van der Waals surface area (Å²) >= 11 is 0. The highest BCUT2D eigenvalue weighted by Crippen LogP contribution is 2.30. The zero-order chi connectivity index (χ0) is 16.5. The van der Waals surface area contributed by atoms with Crippen molar-refractivity contribution in [1.29, 1.82) is 0 Å². The number of hydrogen-bond acceptors (Lipinski definition) is 3. The molecule has 0 radical (unpaired) electrons. The largest absolute Gasteiger partial charge is 0.356 e. The van der Waals surface area contributed by atoms with Gasteiger partial charge in [0, 0.05) is 24.0 Å². The van der Waals surface area contributed by atoms with Crippen molar-refractivity contribution in [2.24, 2.45) is 5.92 Å². The van der Waals surface area contributed by atoms with Crippen molar-refractivity contribution in [3.8, 4) is 11.4 Å². The van der Waals surface area contributed by atoms with Gasteiger partial charge in [-0.2, -0.15) is 0 Å². The minimum atomic E-state index is 0.718. The average Bonchev–Trinajstić information content (AvgIpc) is 2.61. The number of benzene rings is 2. The summed E-state index contributed by atoms with van der Waals surface area (Å²) in [5.41, 5.74) is 3.36. The number of para-hydroxylation sites is 1. The first-order chi connectivity index (χ1) is 11.7. The molecule has 0 spiro atoms. The van der Waals surface area contributed by atoms with Gasteiger partial charge in [-0.15, -0.1) is 0 Å². The van der Waals surface area contributed by atoms with E-state index in [0.717, 1.165) is 47.1 Å². The molecule has 1 fully saturated rings. The number of rotatable bonds is 2. The van der Waals surface area contributed by atoms with Crippen molar-refractivity contribution in [3.05, 3.63) is 54.1 Å². The van der Waals surface area contributed by atoms with E-state index >= 15 is 0 Å². The lowest BCUT2D eigenvalue weighted by Crippen LogP contribution is -2.35. The number of hydrogen-bond donors (Lipinski definition) is 0. The standard InChI is InChI=1S/C21H23N3/c1-15-9-11-17(12-10-15)20-22-19-8-4-3-7-18(19)21(23-20)24-13-5-6-16(2)14-24/h3-4,7-12,16H,5-6,13-14H2,1-2H3/t16-/m1/s1. The van der Waals surface area contributed by atoms with E-state index in [4.69, 9.17) is 9.97 Å². The van der Waals surface area contributed by atoms with Crippen molar-refractivity contribution in [2.45, 2.75) is 26.7 Å². The van der Waals surface area contributed by atoms with Crippen molar-refractivity contribution in [3.63, 3.8) is 0 Å². The fourth-order valence-corrected chi connectivity index (χ4v) is 3.51. The van der Waals surface area contributed by atoms with Gasteiger partial charge >= 0.3 is 0 Å². The summed E-state index contributed by atoms with van der Waals surface area (Å²) < 4.78 is 0. The Labute approximate surface area is 143 Å². The lowest BCUT2D eigenvalue weighted by atomic mass is 10.00. The van der Waals surface area contributed by atoms with Crippen LogP contribution in [0.5, 0.6) is 0 Å². The first-order valence-corrected chi connectivity index (χ1v) is 8.79. The van der Waals surface area contributed by atoms with Crippen LogP contribution in [0.1, 0.15) is 25.3 Å². The topological polar surface area (TPSA) is 29.0 Å². The van der Waals surface area contributed by atoms with Gasteiger partial charge in [0.25, 0.3) is 0 Å². The molecule has 0 N–H and O–H groups in total. The summed E-state index contributed by atoms with van der Waals surface area (Å²) in [6, 6.07) is 16.8. The van der Waals surface area contributed by atoms with Gasteiger partial charge < -0.3 is 4.90 Å². The highest BCUT2D eigenvalue weighted by Gasteiger charge is 2.20. The van der Waals surface area contributed by atoms with Crippen LogP contribution in [0.25, 0.3) is 22.3 Å². The Bertz CT molecular complexity index is 855. The molecule has 0 saturated carbocycles. The molecule has 3 aromatic rings. The molecule has 1 aliphatic heterocycles. The second kappa shape index (κ2) is 6.23. The zero-order valence-electron chi connectivity index (χ0n) is 14.4. The third-order valence-electron chi connectivity index (χ3n) is 4.85. The molecule has 1 aromatic heterocycles. The van der Waals surface area contributed by atoms with Crippen LogP contribution in [0.3, 0.4) is 0 Å². The third kappa shape index (κ3) is 2.86. The van der Waals surface area contributed by atoms with Crippen LogP contribution in [-0.4, -0.2) is 23.1 Å². The SMILES string of the molecule is Cc1ccc(-c2nc(N3CCC[C@@H](C)C3)c3ccccc3n2)cc1. The molecule has 122 valence electrons. The van der Waals surface area contributed by atoms with Crippen molar-refractivity contribution >= 4 is 16.7 Å². The normalized spacial score (nSPS) is 18.1. The highest BCUT2D eigenvalue weighted by atomic mass is 15.2. The average molecular weight is 317 g/mol. The van der Waals surface area contributed by atoms with Crippen molar-refractivity contribution in [2.75, 3.05) is 18.0 Å². The Kier molecular flexibility index (Phi) is 3.93. The monoisotopic (exact) mass is 317 g/mol. The first kappa shape index (κ1) is 15.1. The van der Waals surface area contributed by atoms with Crippen LogP contribution in [-0.2, 0) is 0 Å². The van der Waals surface area contributed by atoms with Crippen LogP contribution in [0.2, 0.25) is 0 Å². The minimum absolute atomic E-state index is 0.718. The summed E-state index contributed by atoms with van der Waals surface area (Å²) in [5, 5.41) is 1.16. The van der Waals surface area contributed by atoms with Crippen molar-refractivity contribution in [1.82, 2.24) is 9.97 Å². The van der Waals surface area contributed by atoms with Crippen LogP contribution in [0.15, 0.2) is 48.5 Å². The van der Waals surface area contributed by atoms with Gasteiger partial charge in [0.1, 0.15) is 5.82 Å². The van der Waals surface area contributed by atoms with Crippen molar-refractivity contribution < 1.29 is 0 Å². The summed E-state index contributed by atoms with van der Waals surface area (Å²) in [6.45, 7) is 6.59. The zero-order valence-corrected chi connectivity index (χ0v) is 14.4. The number of anilines is 1. The molecule has 2 aromatic carbocycles. The van der Waals surface area contributed by atoms with Gasteiger partial charge in [0.05, 0.1) is 5.52 Å². The molecular weight excluding hydrogens is 294 g/mol. The van der Waals surface area contributed by atoms with Crippen LogP contribution in [0, 0.1) is 12.8 Å². The van der Waals surface area contributed by atoms with Crippen LogP contribution < -0.4 is 4.90 Å². The molecule has 0 amide bonds. The number of piperidine rings is 1. The maximum Gasteiger partial charge on any atom is 0.162 e. The van der Waals surface area contributed by atoms with E-state index in [1.165, 1.54) is 18.4 Å². The lowest BCUT2D eigenvalue weighted by molar-refractivity contribution is 0.445. The minimum Gasteiger partial charge on any atom is -0.356 e. The first-order valence-electron chi connectivity index (χ1n) is 8.79. The summed E-state index contributed by atoms with van der Waals surface area (Å²) in [5.74, 6) is 2.62. The van der Waals surface area contributed by atoms with Gasteiger partial charge in [-0.05, 0) is 37.8 Å². The van der Waals surface area contributed by atoms with E-state index in [1.54, 1.807) is 0 Å². The van der Waals surface area contributed by atoms with Crippen LogP contribution >= 0.6 is 0 Å². The Morgan fingerprint density at radius 1 is 1.00 bits per heavy atom. The molecule has 1 atom stereocenters. The summed E-state index contributed by atoms with van der Waals surface area (Å²) in [4.78, 5) is 12.2. The number of aromatic nitrogens is 2. The fraction of sp³-hybridized carbons (Fsp3) is 0.333. The number of fused-ring (bicyclic) bond motifs is 1. The smallest absolute Gasteiger partial charge is 0.162 e. The van der Waals surface area contributed by atoms with E-state index in [2.05, 4.69) is 67.3 Å². The van der Waals surface area contributed by atoms with Crippen LogP contribution in [0.4, 0.5) is 5.82 Å². The van der Waals surface area contributed by atoms with Gasteiger partial charge in [-0.3, -0.25) is 0 Å².